The highest BCUT2D eigenvalue weighted by molar-refractivity contribution is 7.71. The van der Waals surface area contributed by atoms with Gasteiger partial charge in [-0.25, -0.2) is 4.39 Å². The van der Waals surface area contributed by atoms with Crippen molar-refractivity contribution < 1.29 is 4.39 Å². The van der Waals surface area contributed by atoms with Crippen molar-refractivity contribution in [1.29, 1.82) is 0 Å². The van der Waals surface area contributed by atoms with Gasteiger partial charge < -0.3 is 4.98 Å². The van der Waals surface area contributed by atoms with E-state index in [2.05, 4.69) is 4.98 Å². The Morgan fingerprint density at radius 2 is 1.95 bits per heavy atom. The van der Waals surface area contributed by atoms with E-state index in [-0.39, 0.29) is 5.02 Å². The lowest BCUT2D eigenvalue weighted by Crippen LogP contribution is -1.99. The summed E-state index contributed by atoms with van der Waals surface area (Å²) in [7, 11) is 0. The summed E-state index contributed by atoms with van der Waals surface area (Å²) in [6.07, 6.45) is 0. The Labute approximate surface area is 119 Å². The molecule has 2 aromatic carbocycles. The Balaban J connectivity index is 2.46. The average molecular weight is 293 g/mol. The van der Waals surface area contributed by atoms with Crippen molar-refractivity contribution in [3.63, 3.8) is 0 Å². The molecule has 2 nitrogen and oxygen atoms in total. The molecular formula is C14H10ClFN2S. The molecule has 0 radical (unpaired) electrons. The highest BCUT2D eigenvalue weighted by Crippen LogP contribution is 2.27. The van der Waals surface area contributed by atoms with E-state index in [9.17, 15) is 4.39 Å². The lowest BCUT2D eigenvalue weighted by Gasteiger charge is -2.08. The fourth-order valence-electron chi connectivity index (χ4n) is 2.22. The highest BCUT2D eigenvalue weighted by atomic mass is 35.5. The predicted molar refractivity (Wildman–Crippen MR) is 78.2 cm³/mol. The summed E-state index contributed by atoms with van der Waals surface area (Å²) in [5.74, 6) is -0.468. The molecule has 19 heavy (non-hydrogen) atoms. The molecule has 1 heterocycles. The number of benzene rings is 2. The van der Waals surface area contributed by atoms with Crippen LogP contribution in [-0.4, -0.2) is 9.55 Å². The molecule has 0 spiro atoms. The number of rotatable bonds is 1. The third kappa shape index (κ3) is 1.88. The molecule has 0 aliphatic carbocycles. The minimum Gasteiger partial charge on any atom is -0.330 e. The van der Waals surface area contributed by atoms with Gasteiger partial charge >= 0.3 is 0 Å². The van der Waals surface area contributed by atoms with Crippen molar-refractivity contribution in [2.45, 2.75) is 6.92 Å². The van der Waals surface area contributed by atoms with E-state index < -0.39 is 5.82 Å². The highest BCUT2D eigenvalue weighted by Gasteiger charge is 2.13. The van der Waals surface area contributed by atoms with Crippen LogP contribution in [0.15, 0.2) is 36.4 Å². The minimum absolute atomic E-state index is 0.0855. The second-order valence-electron chi connectivity index (χ2n) is 4.31. The van der Waals surface area contributed by atoms with Crippen molar-refractivity contribution in [3.8, 4) is 5.69 Å². The van der Waals surface area contributed by atoms with E-state index in [0.29, 0.717) is 10.5 Å². The number of aryl methyl sites for hydroxylation is 1. The van der Waals surface area contributed by atoms with Crippen LogP contribution in [0, 0.1) is 17.5 Å². The van der Waals surface area contributed by atoms with Crippen molar-refractivity contribution in [2.24, 2.45) is 0 Å². The number of aromatic nitrogens is 2. The monoisotopic (exact) mass is 292 g/mol. The SMILES string of the molecule is Cc1cccc2[nH]c(=S)n(-c3cccc(Cl)c3F)c12. The lowest BCUT2D eigenvalue weighted by molar-refractivity contribution is 0.619. The number of aromatic amines is 1. The molecule has 1 N–H and O–H groups in total. The Morgan fingerprint density at radius 1 is 1.21 bits per heavy atom. The van der Waals surface area contributed by atoms with Gasteiger partial charge in [0.2, 0.25) is 0 Å². The number of fused-ring (bicyclic) bond motifs is 1. The lowest BCUT2D eigenvalue weighted by atomic mass is 10.2. The Morgan fingerprint density at radius 3 is 2.74 bits per heavy atom. The van der Waals surface area contributed by atoms with E-state index in [4.69, 9.17) is 23.8 Å². The maximum Gasteiger partial charge on any atom is 0.182 e. The number of hydrogen-bond donors (Lipinski definition) is 1. The zero-order valence-corrected chi connectivity index (χ0v) is 11.6. The quantitative estimate of drug-likeness (QED) is 0.640. The molecule has 0 fully saturated rings. The molecular weight excluding hydrogens is 283 g/mol. The van der Waals surface area contributed by atoms with Crippen LogP contribution in [0.3, 0.4) is 0 Å². The second kappa shape index (κ2) is 4.47. The molecule has 0 aliphatic heterocycles. The van der Waals surface area contributed by atoms with Gasteiger partial charge in [-0.05, 0) is 42.9 Å². The standard InChI is InChI=1S/C14H10ClFN2S/c1-8-4-2-6-10-13(8)18(14(19)17-10)11-7-3-5-9(15)12(11)16/h2-7H,1H3,(H,17,19). The molecule has 0 aliphatic rings. The van der Waals surface area contributed by atoms with Crippen LogP contribution in [0.4, 0.5) is 4.39 Å². The van der Waals surface area contributed by atoms with E-state index in [0.717, 1.165) is 16.6 Å². The largest absolute Gasteiger partial charge is 0.330 e. The first-order chi connectivity index (χ1) is 9.09. The average Bonchev–Trinajstić information content (AvgIpc) is 2.71. The summed E-state index contributed by atoms with van der Waals surface area (Å²) >= 11 is 11.1. The van der Waals surface area contributed by atoms with Gasteiger partial charge in [-0.15, -0.1) is 0 Å². The van der Waals surface area contributed by atoms with E-state index >= 15 is 0 Å². The molecule has 0 atom stereocenters. The van der Waals surface area contributed by atoms with Gasteiger partial charge in [0.15, 0.2) is 10.6 Å². The van der Waals surface area contributed by atoms with Crippen LogP contribution in [0.25, 0.3) is 16.7 Å². The first-order valence-electron chi connectivity index (χ1n) is 5.74. The minimum atomic E-state index is -0.468. The van der Waals surface area contributed by atoms with Crippen molar-refractivity contribution in [1.82, 2.24) is 9.55 Å². The maximum absolute atomic E-state index is 14.2. The van der Waals surface area contributed by atoms with Gasteiger partial charge in [-0.3, -0.25) is 4.57 Å². The molecule has 3 aromatic rings. The van der Waals surface area contributed by atoms with Gasteiger partial charge in [0.25, 0.3) is 0 Å². The molecule has 96 valence electrons. The van der Waals surface area contributed by atoms with E-state index in [1.54, 1.807) is 16.7 Å². The first-order valence-corrected chi connectivity index (χ1v) is 6.53. The number of hydrogen-bond acceptors (Lipinski definition) is 1. The van der Waals surface area contributed by atoms with Gasteiger partial charge in [0.1, 0.15) is 0 Å². The Kier molecular flexibility index (Phi) is 2.92. The fourth-order valence-corrected chi connectivity index (χ4v) is 2.69. The van der Waals surface area contributed by atoms with Crippen molar-refractivity contribution in [3.05, 3.63) is 57.6 Å². The summed E-state index contributed by atoms with van der Waals surface area (Å²) in [5, 5.41) is 0.0855. The summed E-state index contributed by atoms with van der Waals surface area (Å²) in [6.45, 7) is 1.96. The van der Waals surface area contributed by atoms with E-state index in [1.165, 1.54) is 6.07 Å². The first kappa shape index (κ1) is 12.4. The number of nitrogens with zero attached hydrogens (tertiary/aromatic N) is 1. The molecule has 1 aromatic heterocycles. The zero-order chi connectivity index (χ0) is 13.6. The topological polar surface area (TPSA) is 20.7 Å². The van der Waals surface area contributed by atoms with Crippen LogP contribution < -0.4 is 0 Å². The number of imidazole rings is 1. The molecule has 0 amide bonds. The summed E-state index contributed by atoms with van der Waals surface area (Å²) < 4.78 is 16.3. The number of halogens is 2. The van der Waals surface area contributed by atoms with Crippen molar-refractivity contribution in [2.75, 3.05) is 0 Å². The molecule has 3 rings (SSSR count). The van der Waals surface area contributed by atoms with Gasteiger partial charge in [-0.2, -0.15) is 0 Å². The maximum atomic E-state index is 14.2. The zero-order valence-electron chi connectivity index (χ0n) is 10.1. The van der Waals surface area contributed by atoms with Crippen molar-refractivity contribution >= 4 is 34.9 Å². The van der Waals surface area contributed by atoms with E-state index in [1.807, 2.05) is 25.1 Å². The molecule has 0 saturated carbocycles. The third-order valence-corrected chi connectivity index (χ3v) is 3.65. The number of para-hydroxylation sites is 1. The molecule has 0 bridgehead atoms. The molecule has 5 heteroatoms. The Bertz CT molecular complexity index is 835. The second-order valence-corrected chi connectivity index (χ2v) is 5.10. The molecule has 0 saturated heterocycles. The van der Waals surface area contributed by atoms with Crippen LogP contribution in [0.5, 0.6) is 0 Å². The van der Waals surface area contributed by atoms with Crippen LogP contribution in [0.2, 0.25) is 5.02 Å². The number of nitrogens with one attached hydrogen (secondary N) is 1. The van der Waals surface area contributed by atoms with Crippen LogP contribution in [0.1, 0.15) is 5.56 Å². The Hall–Kier alpha value is -1.65. The predicted octanol–water partition coefficient (Wildman–Crippen LogP) is 4.79. The normalized spacial score (nSPS) is 11.1. The van der Waals surface area contributed by atoms with Crippen LogP contribution in [-0.2, 0) is 0 Å². The summed E-state index contributed by atoms with van der Waals surface area (Å²) in [6, 6.07) is 10.7. The van der Waals surface area contributed by atoms with Gasteiger partial charge in [0.05, 0.1) is 21.7 Å². The number of H-pyrrole nitrogens is 1. The summed E-state index contributed by atoms with van der Waals surface area (Å²) in [4.78, 5) is 3.08. The summed E-state index contributed by atoms with van der Waals surface area (Å²) in [5.41, 5.74) is 3.13. The van der Waals surface area contributed by atoms with Crippen LogP contribution >= 0.6 is 23.8 Å². The fraction of sp³-hybridized carbons (Fsp3) is 0.0714. The van der Waals surface area contributed by atoms with Gasteiger partial charge in [-0.1, -0.05) is 29.8 Å². The third-order valence-electron chi connectivity index (χ3n) is 3.08. The molecule has 0 unspecified atom stereocenters. The smallest absolute Gasteiger partial charge is 0.182 e. The van der Waals surface area contributed by atoms with Gasteiger partial charge in [0, 0.05) is 0 Å².